The molecular weight excluding hydrogens is 280 g/mol. The fourth-order valence-corrected chi connectivity index (χ4v) is 3.52. The maximum atomic E-state index is 10.0. The SMILES string of the molecule is OC1CC(Oc2ccc(Br)cc2)C12CCCC2. The van der Waals surface area contributed by atoms with Gasteiger partial charge in [0.25, 0.3) is 0 Å². The van der Waals surface area contributed by atoms with Crippen molar-refractivity contribution in [2.45, 2.75) is 44.3 Å². The molecule has 0 aromatic heterocycles. The van der Waals surface area contributed by atoms with E-state index in [1.54, 1.807) is 0 Å². The lowest BCUT2D eigenvalue weighted by Gasteiger charge is -2.51. The van der Waals surface area contributed by atoms with E-state index >= 15 is 0 Å². The zero-order chi connectivity index (χ0) is 11.9. The molecule has 0 heterocycles. The summed E-state index contributed by atoms with van der Waals surface area (Å²) in [7, 11) is 0. The highest BCUT2D eigenvalue weighted by atomic mass is 79.9. The summed E-state index contributed by atoms with van der Waals surface area (Å²) in [5.41, 5.74) is 0.0626. The molecule has 2 aliphatic carbocycles. The average molecular weight is 297 g/mol. The van der Waals surface area contributed by atoms with E-state index in [1.807, 2.05) is 24.3 Å². The van der Waals surface area contributed by atoms with Crippen LogP contribution in [0.2, 0.25) is 0 Å². The lowest BCUT2D eigenvalue weighted by atomic mass is 9.62. The first-order chi connectivity index (χ1) is 8.21. The predicted molar refractivity (Wildman–Crippen MR) is 70.1 cm³/mol. The first-order valence-corrected chi connectivity index (χ1v) is 7.10. The summed E-state index contributed by atoms with van der Waals surface area (Å²) in [5, 5.41) is 10.0. The molecule has 1 aromatic rings. The lowest BCUT2D eigenvalue weighted by Crippen LogP contribution is -2.58. The van der Waals surface area contributed by atoms with Gasteiger partial charge in [0, 0.05) is 16.3 Å². The minimum atomic E-state index is -0.148. The molecule has 2 unspecified atom stereocenters. The van der Waals surface area contributed by atoms with Crippen molar-refractivity contribution in [1.29, 1.82) is 0 Å². The summed E-state index contributed by atoms with van der Waals surface area (Å²) in [5.74, 6) is 0.913. The largest absolute Gasteiger partial charge is 0.490 e. The fourth-order valence-electron chi connectivity index (χ4n) is 3.26. The van der Waals surface area contributed by atoms with Crippen molar-refractivity contribution in [1.82, 2.24) is 0 Å². The molecule has 17 heavy (non-hydrogen) atoms. The van der Waals surface area contributed by atoms with Gasteiger partial charge in [0.1, 0.15) is 11.9 Å². The molecule has 3 rings (SSSR count). The predicted octanol–water partition coefficient (Wildman–Crippen LogP) is 3.52. The second-order valence-corrected chi connectivity index (χ2v) is 6.17. The van der Waals surface area contributed by atoms with Crippen molar-refractivity contribution in [2.75, 3.05) is 0 Å². The van der Waals surface area contributed by atoms with Crippen LogP contribution in [0, 0.1) is 5.41 Å². The first kappa shape index (κ1) is 11.5. The molecule has 2 atom stereocenters. The highest BCUT2D eigenvalue weighted by Crippen LogP contribution is 2.54. The Kier molecular flexibility index (Phi) is 2.91. The Morgan fingerprint density at radius 1 is 1.18 bits per heavy atom. The number of hydrogen-bond acceptors (Lipinski definition) is 2. The van der Waals surface area contributed by atoms with Crippen LogP contribution >= 0.6 is 15.9 Å². The van der Waals surface area contributed by atoms with Crippen LogP contribution in [0.15, 0.2) is 28.7 Å². The topological polar surface area (TPSA) is 29.5 Å². The molecule has 0 saturated heterocycles. The van der Waals surface area contributed by atoms with Crippen LogP contribution in [0.4, 0.5) is 0 Å². The maximum Gasteiger partial charge on any atom is 0.119 e. The van der Waals surface area contributed by atoms with Gasteiger partial charge in [0.15, 0.2) is 0 Å². The van der Waals surface area contributed by atoms with E-state index in [4.69, 9.17) is 4.74 Å². The molecule has 0 aliphatic heterocycles. The number of benzene rings is 1. The van der Waals surface area contributed by atoms with Crippen molar-refractivity contribution < 1.29 is 9.84 Å². The Balaban J connectivity index is 1.72. The zero-order valence-corrected chi connectivity index (χ0v) is 11.3. The van der Waals surface area contributed by atoms with Gasteiger partial charge in [-0.15, -0.1) is 0 Å². The molecule has 1 spiro atoms. The molecule has 0 amide bonds. The summed E-state index contributed by atoms with van der Waals surface area (Å²) in [6, 6.07) is 7.95. The van der Waals surface area contributed by atoms with Gasteiger partial charge in [-0.3, -0.25) is 0 Å². The molecule has 2 aliphatic rings. The van der Waals surface area contributed by atoms with Crippen LogP contribution in [0.25, 0.3) is 0 Å². The summed E-state index contributed by atoms with van der Waals surface area (Å²) in [6.45, 7) is 0. The molecule has 2 nitrogen and oxygen atoms in total. The maximum absolute atomic E-state index is 10.0. The van der Waals surface area contributed by atoms with E-state index in [0.29, 0.717) is 0 Å². The summed E-state index contributed by atoms with van der Waals surface area (Å²) in [4.78, 5) is 0. The molecule has 1 N–H and O–H groups in total. The third-order valence-electron chi connectivity index (χ3n) is 4.37. The number of ether oxygens (including phenoxy) is 1. The van der Waals surface area contributed by atoms with Crippen LogP contribution in [-0.2, 0) is 0 Å². The first-order valence-electron chi connectivity index (χ1n) is 6.31. The molecule has 2 saturated carbocycles. The van der Waals surface area contributed by atoms with Gasteiger partial charge in [0.2, 0.25) is 0 Å². The van der Waals surface area contributed by atoms with E-state index < -0.39 is 0 Å². The summed E-state index contributed by atoms with van der Waals surface area (Å²) >= 11 is 3.42. The third-order valence-corrected chi connectivity index (χ3v) is 4.90. The highest BCUT2D eigenvalue weighted by molar-refractivity contribution is 9.10. The van der Waals surface area contributed by atoms with Crippen molar-refractivity contribution in [3.05, 3.63) is 28.7 Å². The van der Waals surface area contributed by atoms with E-state index in [-0.39, 0.29) is 17.6 Å². The van der Waals surface area contributed by atoms with E-state index in [1.165, 1.54) is 12.8 Å². The molecule has 0 bridgehead atoms. The summed E-state index contributed by atoms with van der Waals surface area (Å²) in [6.07, 6.45) is 5.56. The molecule has 3 heteroatoms. The van der Waals surface area contributed by atoms with Gasteiger partial charge in [-0.05, 0) is 37.1 Å². The van der Waals surface area contributed by atoms with Gasteiger partial charge in [-0.2, -0.15) is 0 Å². The lowest BCUT2D eigenvalue weighted by molar-refractivity contribution is -0.151. The standard InChI is InChI=1S/C14H17BrO2/c15-10-3-5-11(6-4-10)17-13-9-12(16)14(13)7-1-2-8-14/h3-6,12-13,16H,1-2,7-9H2. The second kappa shape index (κ2) is 4.29. The number of rotatable bonds is 2. The van der Waals surface area contributed by atoms with E-state index in [2.05, 4.69) is 15.9 Å². The minimum absolute atomic E-state index is 0.0626. The highest BCUT2D eigenvalue weighted by Gasteiger charge is 2.57. The van der Waals surface area contributed by atoms with Gasteiger partial charge in [0.05, 0.1) is 6.10 Å². The molecule has 92 valence electrons. The third kappa shape index (κ3) is 1.89. The number of aliphatic hydroxyl groups is 1. The van der Waals surface area contributed by atoms with E-state index in [9.17, 15) is 5.11 Å². The number of halogens is 1. The number of hydrogen-bond donors (Lipinski definition) is 1. The molecule has 0 radical (unpaired) electrons. The molecule has 2 fully saturated rings. The monoisotopic (exact) mass is 296 g/mol. The van der Waals surface area contributed by atoms with Crippen LogP contribution in [0.5, 0.6) is 5.75 Å². The molecular formula is C14H17BrO2. The van der Waals surface area contributed by atoms with Crippen molar-refractivity contribution in [3.63, 3.8) is 0 Å². The van der Waals surface area contributed by atoms with Crippen LogP contribution in [0.3, 0.4) is 0 Å². The fraction of sp³-hybridized carbons (Fsp3) is 0.571. The van der Waals surface area contributed by atoms with E-state index in [0.717, 1.165) is 29.5 Å². The smallest absolute Gasteiger partial charge is 0.119 e. The minimum Gasteiger partial charge on any atom is -0.490 e. The van der Waals surface area contributed by atoms with Crippen molar-refractivity contribution in [3.8, 4) is 5.75 Å². The number of aliphatic hydroxyl groups excluding tert-OH is 1. The Morgan fingerprint density at radius 2 is 1.82 bits per heavy atom. The van der Waals surface area contributed by atoms with Crippen LogP contribution < -0.4 is 4.74 Å². The van der Waals surface area contributed by atoms with Gasteiger partial charge in [-0.1, -0.05) is 28.8 Å². The second-order valence-electron chi connectivity index (χ2n) is 5.25. The Bertz CT molecular complexity index is 395. The molecule has 1 aromatic carbocycles. The Labute approximate surface area is 110 Å². The Morgan fingerprint density at radius 3 is 2.41 bits per heavy atom. The van der Waals surface area contributed by atoms with Crippen molar-refractivity contribution >= 4 is 15.9 Å². The zero-order valence-electron chi connectivity index (χ0n) is 9.73. The quantitative estimate of drug-likeness (QED) is 0.905. The Hall–Kier alpha value is -0.540. The van der Waals surface area contributed by atoms with Crippen LogP contribution in [0.1, 0.15) is 32.1 Å². The van der Waals surface area contributed by atoms with Crippen molar-refractivity contribution in [2.24, 2.45) is 5.41 Å². The average Bonchev–Trinajstić information content (AvgIpc) is 2.83. The van der Waals surface area contributed by atoms with Gasteiger partial charge in [-0.25, -0.2) is 0 Å². The van der Waals surface area contributed by atoms with Gasteiger partial charge >= 0.3 is 0 Å². The summed E-state index contributed by atoms with van der Waals surface area (Å²) < 4.78 is 7.10. The van der Waals surface area contributed by atoms with Gasteiger partial charge < -0.3 is 9.84 Å². The normalized spacial score (nSPS) is 30.2. The van der Waals surface area contributed by atoms with Crippen LogP contribution in [-0.4, -0.2) is 17.3 Å².